The molecule has 3 N–H and O–H groups in total. The molecule has 1 unspecified atom stereocenters. The van der Waals surface area contributed by atoms with Crippen LogP contribution < -0.4 is 15.2 Å². The Bertz CT molecular complexity index is 619. The standard InChI is InChI=1S/C14H15ClN2O3/c1-19-9-3-4-12(20-2)10(6-9)13(18)11-5-8(15)7-17-14(11)16/h3-7,13,18H,1-2H3,(H2,16,17). The van der Waals surface area contributed by atoms with Gasteiger partial charge in [-0.3, -0.25) is 0 Å². The van der Waals surface area contributed by atoms with Crippen molar-refractivity contribution in [3.63, 3.8) is 0 Å². The lowest BCUT2D eigenvalue weighted by Gasteiger charge is -2.17. The first-order valence-electron chi connectivity index (χ1n) is 5.87. The summed E-state index contributed by atoms with van der Waals surface area (Å²) in [7, 11) is 3.07. The number of nitrogens with two attached hydrogens (primary N) is 1. The van der Waals surface area contributed by atoms with Crippen LogP contribution in [-0.2, 0) is 0 Å². The maximum atomic E-state index is 10.5. The van der Waals surface area contributed by atoms with Gasteiger partial charge in [0.25, 0.3) is 0 Å². The number of aliphatic hydroxyl groups excluding tert-OH is 1. The molecular weight excluding hydrogens is 280 g/mol. The van der Waals surface area contributed by atoms with Crippen molar-refractivity contribution >= 4 is 17.4 Å². The second-order valence-electron chi connectivity index (χ2n) is 4.14. The molecule has 0 saturated carbocycles. The molecule has 0 aliphatic heterocycles. The summed E-state index contributed by atoms with van der Waals surface area (Å²) >= 11 is 5.90. The number of anilines is 1. The van der Waals surface area contributed by atoms with E-state index >= 15 is 0 Å². The predicted molar refractivity (Wildman–Crippen MR) is 77.3 cm³/mol. The van der Waals surface area contributed by atoms with Crippen LogP contribution in [0, 0.1) is 0 Å². The van der Waals surface area contributed by atoms with Crippen LogP contribution >= 0.6 is 11.6 Å². The molecule has 0 bridgehead atoms. The molecule has 1 aromatic carbocycles. The van der Waals surface area contributed by atoms with Gasteiger partial charge < -0.3 is 20.3 Å². The van der Waals surface area contributed by atoms with Crippen LogP contribution in [0.2, 0.25) is 5.02 Å². The first-order valence-corrected chi connectivity index (χ1v) is 6.25. The van der Waals surface area contributed by atoms with Gasteiger partial charge in [-0.25, -0.2) is 4.98 Å². The molecule has 0 radical (unpaired) electrons. The number of hydrogen-bond donors (Lipinski definition) is 2. The molecule has 2 aromatic rings. The van der Waals surface area contributed by atoms with Crippen molar-refractivity contribution in [2.75, 3.05) is 20.0 Å². The zero-order chi connectivity index (χ0) is 14.7. The quantitative estimate of drug-likeness (QED) is 0.905. The van der Waals surface area contributed by atoms with Crippen LogP contribution in [0.3, 0.4) is 0 Å². The summed E-state index contributed by atoms with van der Waals surface area (Å²) in [6.07, 6.45) is 0.418. The molecule has 2 rings (SSSR count). The number of rotatable bonds is 4. The lowest BCUT2D eigenvalue weighted by atomic mass is 10.0. The van der Waals surface area contributed by atoms with E-state index < -0.39 is 6.10 Å². The number of aliphatic hydroxyl groups is 1. The average molecular weight is 295 g/mol. The Balaban J connectivity index is 2.51. The SMILES string of the molecule is COc1ccc(OC)c(C(O)c2cc(Cl)cnc2N)c1. The summed E-state index contributed by atoms with van der Waals surface area (Å²) in [6.45, 7) is 0. The van der Waals surface area contributed by atoms with Crippen LogP contribution in [0.4, 0.5) is 5.82 Å². The van der Waals surface area contributed by atoms with E-state index in [0.717, 1.165) is 0 Å². The Morgan fingerprint density at radius 1 is 1.20 bits per heavy atom. The van der Waals surface area contributed by atoms with Gasteiger partial charge in [0.05, 0.1) is 19.2 Å². The van der Waals surface area contributed by atoms with Crippen molar-refractivity contribution < 1.29 is 14.6 Å². The molecular formula is C14H15ClN2O3. The topological polar surface area (TPSA) is 77.6 Å². The van der Waals surface area contributed by atoms with Gasteiger partial charge in [-0.05, 0) is 24.3 Å². The van der Waals surface area contributed by atoms with Crippen LogP contribution in [0.15, 0.2) is 30.5 Å². The molecule has 5 nitrogen and oxygen atoms in total. The van der Waals surface area contributed by atoms with E-state index in [1.54, 1.807) is 31.4 Å². The minimum absolute atomic E-state index is 0.215. The van der Waals surface area contributed by atoms with Crippen LogP contribution in [0.25, 0.3) is 0 Å². The summed E-state index contributed by atoms with van der Waals surface area (Å²) in [5.74, 6) is 1.35. The smallest absolute Gasteiger partial charge is 0.129 e. The molecule has 1 aromatic heterocycles. The first-order chi connectivity index (χ1) is 9.56. The van der Waals surface area contributed by atoms with Crippen molar-refractivity contribution in [2.45, 2.75) is 6.10 Å². The Hall–Kier alpha value is -1.98. The van der Waals surface area contributed by atoms with E-state index in [9.17, 15) is 5.11 Å². The number of ether oxygens (including phenoxy) is 2. The largest absolute Gasteiger partial charge is 0.497 e. The second-order valence-corrected chi connectivity index (χ2v) is 4.57. The van der Waals surface area contributed by atoms with Crippen LogP contribution in [-0.4, -0.2) is 24.3 Å². The predicted octanol–water partition coefficient (Wildman–Crippen LogP) is 2.42. The van der Waals surface area contributed by atoms with Gasteiger partial charge in [0.15, 0.2) is 0 Å². The highest BCUT2D eigenvalue weighted by molar-refractivity contribution is 6.30. The van der Waals surface area contributed by atoms with Crippen molar-refractivity contribution in [2.24, 2.45) is 0 Å². The molecule has 1 atom stereocenters. The molecule has 20 heavy (non-hydrogen) atoms. The summed E-state index contributed by atoms with van der Waals surface area (Å²) in [5.41, 5.74) is 6.74. The summed E-state index contributed by atoms with van der Waals surface area (Å²) in [4.78, 5) is 3.94. The van der Waals surface area contributed by atoms with Crippen LogP contribution in [0.1, 0.15) is 17.2 Å². The van der Waals surface area contributed by atoms with E-state index in [0.29, 0.717) is 27.6 Å². The van der Waals surface area contributed by atoms with Crippen molar-refractivity contribution in [1.82, 2.24) is 4.98 Å². The molecule has 0 amide bonds. The molecule has 0 aliphatic carbocycles. The molecule has 0 fully saturated rings. The van der Waals surface area contributed by atoms with Gasteiger partial charge in [-0.15, -0.1) is 0 Å². The fourth-order valence-corrected chi connectivity index (χ4v) is 2.07. The highest BCUT2D eigenvalue weighted by atomic mass is 35.5. The van der Waals surface area contributed by atoms with Gasteiger partial charge in [0.2, 0.25) is 0 Å². The van der Waals surface area contributed by atoms with E-state index in [-0.39, 0.29) is 5.82 Å². The molecule has 6 heteroatoms. The number of hydrogen-bond acceptors (Lipinski definition) is 5. The second kappa shape index (κ2) is 5.98. The van der Waals surface area contributed by atoms with E-state index in [1.807, 2.05) is 0 Å². The van der Waals surface area contributed by atoms with Gasteiger partial charge >= 0.3 is 0 Å². The fourth-order valence-electron chi connectivity index (χ4n) is 1.91. The maximum absolute atomic E-state index is 10.5. The monoisotopic (exact) mass is 294 g/mol. The minimum Gasteiger partial charge on any atom is -0.497 e. The molecule has 1 heterocycles. The van der Waals surface area contributed by atoms with Gasteiger partial charge in [-0.1, -0.05) is 11.6 Å². The highest BCUT2D eigenvalue weighted by Gasteiger charge is 2.19. The average Bonchev–Trinajstić information content (AvgIpc) is 2.48. The Labute approximate surface area is 121 Å². The Kier molecular flexibility index (Phi) is 4.32. The third kappa shape index (κ3) is 2.79. The molecule has 0 saturated heterocycles. The third-order valence-corrected chi connectivity index (χ3v) is 3.15. The third-order valence-electron chi connectivity index (χ3n) is 2.94. The highest BCUT2D eigenvalue weighted by Crippen LogP contribution is 2.35. The van der Waals surface area contributed by atoms with E-state index in [1.165, 1.54) is 13.3 Å². The maximum Gasteiger partial charge on any atom is 0.129 e. The number of nitrogens with zero attached hydrogens (tertiary/aromatic N) is 1. The van der Waals surface area contributed by atoms with Crippen molar-refractivity contribution in [1.29, 1.82) is 0 Å². The Morgan fingerprint density at radius 3 is 2.60 bits per heavy atom. The number of nitrogen functional groups attached to an aromatic ring is 1. The summed E-state index contributed by atoms with van der Waals surface area (Å²) in [5, 5.41) is 10.9. The number of pyridine rings is 1. The minimum atomic E-state index is -1.01. The van der Waals surface area contributed by atoms with Crippen molar-refractivity contribution in [3.05, 3.63) is 46.6 Å². The fraction of sp³-hybridized carbons (Fsp3) is 0.214. The lowest BCUT2D eigenvalue weighted by molar-refractivity contribution is 0.214. The number of aromatic nitrogens is 1. The van der Waals surface area contributed by atoms with Gasteiger partial charge in [0, 0.05) is 17.3 Å². The summed E-state index contributed by atoms with van der Waals surface area (Å²) in [6, 6.07) is 6.72. The van der Waals surface area contributed by atoms with Crippen LogP contribution in [0.5, 0.6) is 11.5 Å². The number of halogens is 1. The Morgan fingerprint density at radius 2 is 1.95 bits per heavy atom. The lowest BCUT2D eigenvalue weighted by Crippen LogP contribution is -2.07. The zero-order valence-corrected chi connectivity index (χ0v) is 11.9. The number of methoxy groups -OCH3 is 2. The van der Waals surface area contributed by atoms with Crippen molar-refractivity contribution in [3.8, 4) is 11.5 Å². The molecule has 0 spiro atoms. The molecule has 0 aliphatic rings. The normalized spacial score (nSPS) is 12.0. The van der Waals surface area contributed by atoms with E-state index in [4.69, 9.17) is 26.8 Å². The number of benzene rings is 1. The van der Waals surface area contributed by atoms with Gasteiger partial charge in [-0.2, -0.15) is 0 Å². The zero-order valence-electron chi connectivity index (χ0n) is 11.1. The van der Waals surface area contributed by atoms with E-state index in [2.05, 4.69) is 4.98 Å². The summed E-state index contributed by atoms with van der Waals surface area (Å²) < 4.78 is 10.4. The molecule has 106 valence electrons. The van der Waals surface area contributed by atoms with Gasteiger partial charge in [0.1, 0.15) is 23.4 Å². The first kappa shape index (κ1) is 14.4.